The van der Waals surface area contributed by atoms with Crippen LogP contribution in [-0.4, -0.2) is 12.3 Å². The summed E-state index contributed by atoms with van der Waals surface area (Å²) < 4.78 is 0. The fraction of sp³-hybridized carbons (Fsp3) is 0.267. The molecule has 1 atom stereocenters. The van der Waals surface area contributed by atoms with Gasteiger partial charge in [0, 0.05) is 24.6 Å². The van der Waals surface area contributed by atoms with Gasteiger partial charge in [0.2, 0.25) is 0 Å². The first-order valence-corrected chi connectivity index (χ1v) is 7.15. The standard InChI is InChI=1S/C15H15NOS/c17-15(9-11-6-8-18-10-11)13-5-7-16-14-4-2-1-3-12(13)14/h1-4,6,8,10,13,16H,5,7,9H2. The second-order valence-corrected chi connectivity index (χ2v) is 5.41. The molecule has 18 heavy (non-hydrogen) atoms. The molecule has 0 saturated heterocycles. The number of rotatable bonds is 3. The van der Waals surface area contributed by atoms with Crippen molar-refractivity contribution in [2.24, 2.45) is 0 Å². The van der Waals surface area contributed by atoms with Gasteiger partial charge < -0.3 is 5.32 Å². The first kappa shape index (κ1) is 11.5. The number of thiophene rings is 1. The number of carbonyl (C=O) groups is 1. The normalized spacial score (nSPS) is 17.9. The smallest absolute Gasteiger partial charge is 0.144 e. The molecule has 1 aliphatic rings. The first-order chi connectivity index (χ1) is 8.84. The Hall–Kier alpha value is -1.61. The predicted octanol–water partition coefficient (Wildman–Crippen LogP) is 3.46. The van der Waals surface area contributed by atoms with Crippen LogP contribution < -0.4 is 5.32 Å². The number of nitrogens with one attached hydrogen (secondary N) is 1. The lowest BCUT2D eigenvalue weighted by atomic mass is 9.85. The molecule has 1 aromatic heterocycles. The molecule has 3 rings (SSSR count). The number of para-hydroxylation sites is 1. The van der Waals surface area contributed by atoms with E-state index in [-0.39, 0.29) is 5.92 Å². The van der Waals surface area contributed by atoms with Gasteiger partial charge in [-0.3, -0.25) is 4.79 Å². The van der Waals surface area contributed by atoms with E-state index >= 15 is 0 Å². The Kier molecular flexibility index (Phi) is 3.15. The van der Waals surface area contributed by atoms with Gasteiger partial charge in [0.25, 0.3) is 0 Å². The number of anilines is 1. The van der Waals surface area contributed by atoms with Gasteiger partial charge in [-0.1, -0.05) is 18.2 Å². The zero-order valence-electron chi connectivity index (χ0n) is 10.1. The zero-order chi connectivity index (χ0) is 12.4. The van der Waals surface area contributed by atoms with Gasteiger partial charge in [-0.05, 0) is 40.4 Å². The molecule has 2 nitrogen and oxygen atoms in total. The van der Waals surface area contributed by atoms with Crippen molar-refractivity contribution in [2.75, 3.05) is 11.9 Å². The molecule has 0 amide bonds. The molecule has 2 aromatic rings. The largest absolute Gasteiger partial charge is 0.385 e. The van der Waals surface area contributed by atoms with Gasteiger partial charge in [0.05, 0.1) is 0 Å². The minimum atomic E-state index is 0.0577. The summed E-state index contributed by atoms with van der Waals surface area (Å²) in [4.78, 5) is 12.4. The Bertz CT molecular complexity index is 547. The summed E-state index contributed by atoms with van der Waals surface area (Å²) in [5.74, 6) is 0.393. The number of hydrogen-bond donors (Lipinski definition) is 1. The zero-order valence-corrected chi connectivity index (χ0v) is 10.9. The number of benzene rings is 1. The van der Waals surface area contributed by atoms with Crippen LogP contribution >= 0.6 is 11.3 Å². The lowest BCUT2D eigenvalue weighted by molar-refractivity contribution is -0.120. The summed E-state index contributed by atoms with van der Waals surface area (Å²) in [6.07, 6.45) is 1.46. The van der Waals surface area contributed by atoms with Crippen LogP contribution in [0.2, 0.25) is 0 Å². The highest BCUT2D eigenvalue weighted by Gasteiger charge is 2.25. The number of hydrogen-bond acceptors (Lipinski definition) is 3. The van der Waals surface area contributed by atoms with Crippen molar-refractivity contribution in [2.45, 2.75) is 18.8 Å². The highest BCUT2D eigenvalue weighted by molar-refractivity contribution is 7.08. The lowest BCUT2D eigenvalue weighted by Crippen LogP contribution is -2.23. The molecule has 0 bridgehead atoms. The molecule has 0 fully saturated rings. The summed E-state index contributed by atoms with van der Waals surface area (Å²) in [6, 6.07) is 10.2. The summed E-state index contributed by atoms with van der Waals surface area (Å²) in [5, 5.41) is 7.44. The molecule has 0 radical (unpaired) electrons. The van der Waals surface area contributed by atoms with E-state index in [0.29, 0.717) is 12.2 Å². The fourth-order valence-electron chi connectivity index (χ4n) is 2.52. The van der Waals surface area contributed by atoms with E-state index in [1.807, 2.05) is 23.6 Å². The third kappa shape index (κ3) is 2.18. The van der Waals surface area contributed by atoms with Crippen molar-refractivity contribution >= 4 is 22.8 Å². The Morgan fingerprint density at radius 1 is 1.33 bits per heavy atom. The number of ketones is 1. The third-order valence-corrected chi connectivity index (χ3v) is 4.16. The van der Waals surface area contributed by atoms with E-state index in [9.17, 15) is 4.79 Å². The van der Waals surface area contributed by atoms with Crippen molar-refractivity contribution < 1.29 is 4.79 Å². The lowest BCUT2D eigenvalue weighted by Gasteiger charge is -2.25. The van der Waals surface area contributed by atoms with Crippen molar-refractivity contribution in [1.29, 1.82) is 0 Å². The van der Waals surface area contributed by atoms with Crippen molar-refractivity contribution in [3.05, 3.63) is 52.2 Å². The molecule has 1 aliphatic heterocycles. The van der Waals surface area contributed by atoms with Gasteiger partial charge in [-0.2, -0.15) is 11.3 Å². The molecule has 2 heterocycles. The van der Waals surface area contributed by atoms with Gasteiger partial charge >= 0.3 is 0 Å². The molecule has 92 valence electrons. The maximum Gasteiger partial charge on any atom is 0.144 e. The Balaban J connectivity index is 1.83. The van der Waals surface area contributed by atoms with Crippen molar-refractivity contribution in [3.8, 4) is 0 Å². The molecule has 0 spiro atoms. The van der Waals surface area contributed by atoms with Crippen LogP contribution in [0.15, 0.2) is 41.1 Å². The highest BCUT2D eigenvalue weighted by Crippen LogP contribution is 2.32. The van der Waals surface area contributed by atoms with Crippen LogP contribution in [-0.2, 0) is 11.2 Å². The van der Waals surface area contributed by atoms with Crippen LogP contribution in [0.3, 0.4) is 0 Å². The average Bonchev–Trinajstić information content (AvgIpc) is 2.91. The van der Waals surface area contributed by atoms with Crippen molar-refractivity contribution in [1.82, 2.24) is 0 Å². The highest BCUT2D eigenvalue weighted by atomic mass is 32.1. The summed E-state index contributed by atoms with van der Waals surface area (Å²) >= 11 is 1.65. The minimum absolute atomic E-state index is 0.0577. The molecule has 0 saturated carbocycles. The number of Topliss-reactive ketones (excluding diaryl/α,β-unsaturated/α-hetero) is 1. The Labute approximate surface area is 111 Å². The minimum Gasteiger partial charge on any atom is -0.385 e. The first-order valence-electron chi connectivity index (χ1n) is 6.21. The quantitative estimate of drug-likeness (QED) is 0.912. The number of carbonyl (C=O) groups excluding carboxylic acids is 1. The fourth-order valence-corrected chi connectivity index (χ4v) is 3.19. The Morgan fingerprint density at radius 3 is 3.06 bits per heavy atom. The predicted molar refractivity (Wildman–Crippen MR) is 75.3 cm³/mol. The number of fused-ring (bicyclic) bond motifs is 1. The van der Waals surface area contributed by atoms with Gasteiger partial charge in [0.1, 0.15) is 5.78 Å². The van der Waals surface area contributed by atoms with E-state index < -0.39 is 0 Å². The van der Waals surface area contributed by atoms with Crippen LogP contribution in [0.4, 0.5) is 5.69 Å². The molecule has 3 heteroatoms. The Morgan fingerprint density at radius 2 is 2.22 bits per heavy atom. The average molecular weight is 257 g/mol. The van der Waals surface area contributed by atoms with E-state index in [2.05, 4.69) is 22.8 Å². The van der Waals surface area contributed by atoms with Gasteiger partial charge in [-0.25, -0.2) is 0 Å². The SMILES string of the molecule is O=C(Cc1ccsc1)C1CCNc2ccccc21. The second-order valence-electron chi connectivity index (χ2n) is 4.63. The van der Waals surface area contributed by atoms with Crippen LogP contribution in [0, 0.1) is 0 Å². The van der Waals surface area contributed by atoms with Gasteiger partial charge in [0.15, 0.2) is 0 Å². The summed E-state index contributed by atoms with van der Waals surface area (Å²) in [7, 11) is 0. The molecule has 1 aromatic carbocycles. The monoisotopic (exact) mass is 257 g/mol. The maximum atomic E-state index is 12.4. The van der Waals surface area contributed by atoms with Crippen LogP contribution in [0.25, 0.3) is 0 Å². The second kappa shape index (κ2) is 4.94. The summed E-state index contributed by atoms with van der Waals surface area (Å²) in [6.45, 7) is 0.886. The van der Waals surface area contributed by atoms with Crippen molar-refractivity contribution in [3.63, 3.8) is 0 Å². The van der Waals surface area contributed by atoms with E-state index in [1.165, 1.54) is 0 Å². The van der Waals surface area contributed by atoms with Crippen LogP contribution in [0.1, 0.15) is 23.5 Å². The van der Waals surface area contributed by atoms with E-state index in [1.54, 1.807) is 11.3 Å². The third-order valence-electron chi connectivity index (χ3n) is 3.43. The molecular weight excluding hydrogens is 242 g/mol. The summed E-state index contributed by atoms with van der Waals surface area (Å²) in [5.41, 5.74) is 3.41. The topological polar surface area (TPSA) is 29.1 Å². The van der Waals surface area contributed by atoms with E-state index in [4.69, 9.17) is 0 Å². The van der Waals surface area contributed by atoms with Gasteiger partial charge in [-0.15, -0.1) is 0 Å². The molecule has 1 unspecified atom stereocenters. The van der Waals surface area contributed by atoms with E-state index in [0.717, 1.165) is 29.8 Å². The maximum absolute atomic E-state index is 12.4. The van der Waals surface area contributed by atoms with Crippen LogP contribution in [0.5, 0.6) is 0 Å². The molecule has 0 aliphatic carbocycles. The molecular formula is C15H15NOS. The molecule has 1 N–H and O–H groups in total.